The second-order valence-electron chi connectivity index (χ2n) is 8.62. The summed E-state index contributed by atoms with van der Waals surface area (Å²) in [4.78, 5) is 31.4. The molecule has 1 aromatic carbocycles. The molecule has 0 bridgehead atoms. The van der Waals surface area contributed by atoms with E-state index in [0.29, 0.717) is 42.9 Å². The lowest BCUT2D eigenvalue weighted by Crippen LogP contribution is -2.48. The number of aromatic nitrogens is 1. The maximum absolute atomic E-state index is 13.3. The van der Waals surface area contributed by atoms with E-state index in [9.17, 15) is 9.59 Å². The predicted molar refractivity (Wildman–Crippen MR) is 118 cm³/mol. The van der Waals surface area contributed by atoms with Crippen molar-refractivity contribution < 1.29 is 19.1 Å². The van der Waals surface area contributed by atoms with Gasteiger partial charge in [0.2, 0.25) is 5.91 Å². The number of amides is 2. The molecule has 2 amide bonds. The van der Waals surface area contributed by atoms with Gasteiger partial charge in [0.15, 0.2) is 0 Å². The highest BCUT2D eigenvalue weighted by Gasteiger charge is 2.32. The Labute approximate surface area is 188 Å². The van der Waals surface area contributed by atoms with Crippen LogP contribution in [0.5, 0.6) is 5.75 Å². The van der Waals surface area contributed by atoms with Crippen LogP contribution in [0.3, 0.4) is 0 Å². The normalized spacial score (nSPS) is 15.4. The van der Waals surface area contributed by atoms with E-state index in [1.807, 2.05) is 36.4 Å². The van der Waals surface area contributed by atoms with Crippen LogP contribution in [0.15, 0.2) is 48.7 Å². The quantitative estimate of drug-likeness (QED) is 0.768. The standard InChI is InChI=1S/C24H28N4O4/c1-24(2,3)32-23(30)27-21(17-7-5-4-6-8-17)22(29)28-13-10-19(11-14-28)31-20-9-12-26-18(15-20)16-25/h4-9,12,15,19,21H,10-11,13-14H2,1-3H3,(H,27,30)/t21-/m1/s1. The third-order valence-corrected chi connectivity index (χ3v) is 4.94. The van der Waals surface area contributed by atoms with Gasteiger partial charge in [-0.1, -0.05) is 30.3 Å². The molecular weight excluding hydrogens is 408 g/mol. The molecule has 0 unspecified atom stereocenters. The number of hydrogen-bond acceptors (Lipinski definition) is 6. The Kier molecular flexibility index (Phi) is 7.31. The van der Waals surface area contributed by atoms with Crippen molar-refractivity contribution in [1.29, 1.82) is 5.26 Å². The first-order chi connectivity index (χ1) is 15.2. The molecule has 1 saturated heterocycles. The lowest BCUT2D eigenvalue weighted by atomic mass is 10.0. The number of nitrogens with one attached hydrogen (secondary N) is 1. The van der Waals surface area contributed by atoms with Crippen LogP contribution >= 0.6 is 0 Å². The molecule has 1 atom stereocenters. The SMILES string of the molecule is CC(C)(C)OC(=O)N[C@@H](C(=O)N1CCC(Oc2ccnc(C#N)c2)CC1)c1ccccc1. The van der Waals surface area contributed by atoms with E-state index in [2.05, 4.69) is 10.3 Å². The Morgan fingerprint density at radius 1 is 1.19 bits per heavy atom. The van der Waals surface area contributed by atoms with Gasteiger partial charge in [-0.05, 0) is 32.4 Å². The molecule has 0 spiro atoms. The topological polar surface area (TPSA) is 105 Å². The third-order valence-electron chi connectivity index (χ3n) is 4.94. The van der Waals surface area contributed by atoms with E-state index in [1.54, 1.807) is 44.0 Å². The van der Waals surface area contributed by atoms with Gasteiger partial charge in [0.05, 0.1) is 0 Å². The molecule has 8 nitrogen and oxygen atoms in total. The number of pyridine rings is 1. The molecule has 1 fully saturated rings. The average Bonchev–Trinajstić information content (AvgIpc) is 2.77. The fourth-order valence-corrected chi connectivity index (χ4v) is 3.47. The van der Waals surface area contributed by atoms with E-state index in [-0.39, 0.29) is 12.0 Å². The summed E-state index contributed by atoms with van der Waals surface area (Å²) >= 11 is 0. The minimum absolute atomic E-state index is 0.0676. The molecule has 32 heavy (non-hydrogen) atoms. The van der Waals surface area contributed by atoms with Crippen LogP contribution < -0.4 is 10.1 Å². The zero-order valence-electron chi connectivity index (χ0n) is 18.6. The number of nitrogens with zero attached hydrogens (tertiary/aromatic N) is 3. The summed E-state index contributed by atoms with van der Waals surface area (Å²) in [5, 5.41) is 11.7. The van der Waals surface area contributed by atoms with E-state index in [4.69, 9.17) is 14.7 Å². The van der Waals surface area contributed by atoms with Gasteiger partial charge in [-0.15, -0.1) is 0 Å². The highest BCUT2D eigenvalue weighted by molar-refractivity contribution is 5.87. The number of alkyl carbamates (subject to hydrolysis) is 1. The molecule has 168 valence electrons. The Morgan fingerprint density at radius 2 is 1.88 bits per heavy atom. The molecule has 2 heterocycles. The van der Waals surface area contributed by atoms with Crippen LogP contribution in [0, 0.1) is 11.3 Å². The number of benzene rings is 1. The molecule has 0 radical (unpaired) electrons. The summed E-state index contributed by atoms with van der Waals surface area (Å²) in [6, 6.07) is 13.6. The first-order valence-corrected chi connectivity index (χ1v) is 10.6. The van der Waals surface area contributed by atoms with Crippen LogP contribution in [0.1, 0.15) is 50.9 Å². The molecule has 0 aliphatic carbocycles. The Bertz CT molecular complexity index is 973. The van der Waals surface area contributed by atoms with Crippen LogP contribution in [0.25, 0.3) is 0 Å². The number of ether oxygens (including phenoxy) is 2. The first-order valence-electron chi connectivity index (χ1n) is 10.6. The summed E-state index contributed by atoms with van der Waals surface area (Å²) in [6.45, 7) is 6.33. The van der Waals surface area contributed by atoms with E-state index < -0.39 is 17.7 Å². The van der Waals surface area contributed by atoms with Crippen molar-refractivity contribution in [3.05, 3.63) is 59.9 Å². The van der Waals surface area contributed by atoms with E-state index in [1.165, 1.54) is 0 Å². The molecule has 8 heteroatoms. The van der Waals surface area contributed by atoms with Crippen LogP contribution in [0.4, 0.5) is 4.79 Å². The lowest BCUT2D eigenvalue weighted by Gasteiger charge is -2.34. The lowest BCUT2D eigenvalue weighted by molar-refractivity contribution is -0.135. The summed E-state index contributed by atoms with van der Waals surface area (Å²) in [5.74, 6) is 0.409. The third kappa shape index (κ3) is 6.45. The minimum atomic E-state index is -0.832. The van der Waals surface area contributed by atoms with Crippen molar-refractivity contribution in [2.45, 2.75) is 51.4 Å². The highest BCUT2D eigenvalue weighted by atomic mass is 16.6. The van der Waals surface area contributed by atoms with Crippen LogP contribution in [-0.2, 0) is 9.53 Å². The maximum atomic E-state index is 13.3. The summed E-state index contributed by atoms with van der Waals surface area (Å²) in [6.07, 6.45) is 2.12. The molecular formula is C24H28N4O4. The fraction of sp³-hybridized carbons (Fsp3) is 0.417. The van der Waals surface area contributed by atoms with Crippen molar-refractivity contribution in [2.24, 2.45) is 0 Å². The van der Waals surface area contributed by atoms with Crippen LogP contribution in [-0.4, -0.2) is 46.7 Å². The highest BCUT2D eigenvalue weighted by Crippen LogP contribution is 2.23. The van der Waals surface area contributed by atoms with Gasteiger partial charge < -0.3 is 19.7 Å². The second-order valence-corrected chi connectivity index (χ2v) is 8.62. The van der Waals surface area contributed by atoms with Crippen LogP contribution in [0.2, 0.25) is 0 Å². The molecule has 3 rings (SSSR count). The number of piperidine rings is 1. The van der Waals surface area contributed by atoms with Gasteiger partial charge in [-0.3, -0.25) is 4.79 Å². The van der Waals surface area contributed by atoms with Crippen molar-refractivity contribution in [3.63, 3.8) is 0 Å². The van der Waals surface area contributed by atoms with Gasteiger partial charge in [0.25, 0.3) is 0 Å². The Balaban J connectivity index is 1.64. The van der Waals surface area contributed by atoms with Gasteiger partial charge in [0.1, 0.15) is 35.3 Å². The molecule has 2 aromatic rings. The Hall–Kier alpha value is -3.60. The number of nitriles is 1. The minimum Gasteiger partial charge on any atom is -0.490 e. The van der Waals surface area contributed by atoms with E-state index in [0.717, 1.165) is 0 Å². The molecule has 1 N–H and O–H groups in total. The van der Waals surface area contributed by atoms with Gasteiger partial charge >= 0.3 is 6.09 Å². The molecule has 0 saturated carbocycles. The van der Waals surface area contributed by atoms with Crippen molar-refractivity contribution in [2.75, 3.05) is 13.1 Å². The second kappa shape index (κ2) is 10.1. The zero-order valence-corrected chi connectivity index (χ0v) is 18.6. The van der Waals surface area contributed by atoms with Crippen molar-refractivity contribution >= 4 is 12.0 Å². The summed E-state index contributed by atoms with van der Waals surface area (Å²) in [7, 11) is 0. The fourth-order valence-electron chi connectivity index (χ4n) is 3.47. The number of carbonyl (C=O) groups excluding carboxylic acids is 2. The smallest absolute Gasteiger partial charge is 0.408 e. The molecule has 1 aliphatic heterocycles. The van der Waals surface area contributed by atoms with Crippen molar-refractivity contribution in [1.82, 2.24) is 15.2 Å². The predicted octanol–water partition coefficient (Wildman–Crippen LogP) is 3.59. The first kappa shape index (κ1) is 23.1. The number of rotatable bonds is 5. The molecule has 1 aliphatic rings. The summed E-state index contributed by atoms with van der Waals surface area (Å²) in [5.41, 5.74) is 0.333. The zero-order chi connectivity index (χ0) is 23.1. The van der Waals surface area contributed by atoms with Gasteiger partial charge in [0, 0.05) is 38.2 Å². The van der Waals surface area contributed by atoms with Crippen molar-refractivity contribution in [3.8, 4) is 11.8 Å². The van der Waals surface area contributed by atoms with Gasteiger partial charge in [-0.2, -0.15) is 5.26 Å². The number of hydrogen-bond donors (Lipinski definition) is 1. The monoisotopic (exact) mass is 436 g/mol. The average molecular weight is 437 g/mol. The number of carbonyl (C=O) groups is 2. The Morgan fingerprint density at radius 3 is 2.50 bits per heavy atom. The maximum Gasteiger partial charge on any atom is 0.408 e. The molecule has 1 aromatic heterocycles. The van der Waals surface area contributed by atoms with Gasteiger partial charge in [-0.25, -0.2) is 9.78 Å². The summed E-state index contributed by atoms with van der Waals surface area (Å²) < 4.78 is 11.3. The van der Waals surface area contributed by atoms with E-state index >= 15 is 0 Å². The number of likely N-dealkylation sites (tertiary alicyclic amines) is 1. The largest absolute Gasteiger partial charge is 0.490 e.